The van der Waals surface area contributed by atoms with Gasteiger partial charge in [0.25, 0.3) is 0 Å². The highest BCUT2D eigenvalue weighted by atomic mass is 16.2. The van der Waals surface area contributed by atoms with E-state index in [0.717, 1.165) is 36.6 Å². The highest BCUT2D eigenvalue weighted by molar-refractivity contribution is 5.80. The minimum Gasteiger partial charge on any atom is -0.349 e. The van der Waals surface area contributed by atoms with Crippen molar-refractivity contribution in [2.75, 3.05) is 6.54 Å². The van der Waals surface area contributed by atoms with Crippen molar-refractivity contribution in [3.63, 3.8) is 0 Å². The van der Waals surface area contributed by atoms with Gasteiger partial charge in [0, 0.05) is 19.5 Å². The fraction of sp³-hybridized carbons (Fsp3) is 0.353. The van der Waals surface area contributed by atoms with Crippen molar-refractivity contribution in [1.82, 2.24) is 40.6 Å². The summed E-state index contributed by atoms with van der Waals surface area (Å²) in [5, 5.41) is 22.0. The Kier molecular flexibility index (Phi) is 4.69. The van der Waals surface area contributed by atoms with Crippen LogP contribution in [0.4, 0.5) is 0 Å². The van der Waals surface area contributed by atoms with Crippen molar-refractivity contribution in [2.45, 2.75) is 32.1 Å². The lowest BCUT2D eigenvalue weighted by molar-refractivity contribution is -0.124. The summed E-state index contributed by atoms with van der Waals surface area (Å²) in [5.41, 5.74) is 3.04. The Labute approximate surface area is 150 Å². The molecule has 0 spiro atoms. The van der Waals surface area contributed by atoms with E-state index >= 15 is 0 Å². The Morgan fingerprint density at radius 1 is 1.31 bits per heavy atom. The molecule has 3 heterocycles. The first-order valence-corrected chi connectivity index (χ1v) is 8.60. The molecule has 0 aliphatic carbocycles. The van der Waals surface area contributed by atoms with Gasteiger partial charge in [0.05, 0.1) is 24.5 Å². The van der Waals surface area contributed by atoms with Crippen molar-refractivity contribution in [2.24, 2.45) is 0 Å². The van der Waals surface area contributed by atoms with Gasteiger partial charge in [-0.3, -0.25) is 9.48 Å². The maximum Gasteiger partial charge on any atom is 0.245 e. The standard InChI is InChI=1S/C17H20N8O/c26-17(19-10-14-9-15-11-18-6-7-24(15)21-14)16(25-12-20-22-23-25)8-13-4-2-1-3-5-13/h1-5,9,12,16,18H,6-8,10-11H2,(H,19,26)/t16-/m1/s1. The van der Waals surface area contributed by atoms with Gasteiger partial charge in [0.2, 0.25) is 5.91 Å². The van der Waals surface area contributed by atoms with Crippen LogP contribution >= 0.6 is 0 Å². The van der Waals surface area contributed by atoms with E-state index in [1.807, 2.05) is 41.1 Å². The molecular formula is C17H20N8O. The minimum absolute atomic E-state index is 0.134. The SMILES string of the molecule is O=C(NCc1cc2n(n1)CCNC2)[C@@H](Cc1ccccc1)n1cnnn1. The van der Waals surface area contributed by atoms with Crippen LogP contribution in [0.3, 0.4) is 0 Å². The third-order valence-corrected chi connectivity index (χ3v) is 4.42. The van der Waals surface area contributed by atoms with Crippen LogP contribution in [0.25, 0.3) is 0 Å². The molecule has 2 aromatic heterocycles. The first-order valence-electron chi connectivity index (χ1n) is 8.60. The summed E-state index contributed by atoms with van der Waals surface area (Å²) in [6.45, 7) is 2.96. The number of rotatable bonds is 6. The van der Waals surface area contributed by atoms with Crippen LogP contribution in [0.15, 0.2) is 42.7 Å². The van der Waals surface area contributed by atoms with E-state index in [1.54, 1.807) is 0 Å². The van der Waals surface area contributed by atoms with Crippen molar-refractivity contribution < 1.29 is 4.79 Å². The van der Waals surface area contributed by atoms with E-state index in [1.165, 1.54) is 11.0 Å². The average Bonchev–Trinajstić information content (AvgIpc) is 3.34. The van der Waals surface area contributed by atoms with Gasteiger partial charge in [-0.05, 0) is 22.1 Å². The summed E-state index contributed by atoms with van der Waals surface area (Å²) in [6, 6.07) is 11.3. The maximum atomic E-state index is 12.8. The van der Waals surface area contributed by atoms with Gasteiger partial charge in [-0.15, -0.1) is 5.10 Å². The van der Waals surface area contributed by atoms with Gasteiger partial charge in [0.15, 0.2) is 0 Å². The first kappa shape index (κ1) is 16.4. The van der Waals surface area contributed by atoms with Gasteiger partial charge in [-0.25, -0.2) is 4.68 Å². The molecule has 134 valence electrons. The molecule has 0 bridgehead atoms. The predicted molar refractivity (Wildman–Crippen MR) is 92.8 cm³/mol. The number of benzene rings is 1. The Morgan fingerprint density at radius 2 is 2.19 bits per heavy atom. The summed E-state index contributed by atoms with van der Waals surface area (Å²) in [5.74, 6) is -0.134. The van der Waals surface area contributed by atoms with Gasteiger partial charge in [0.1, 0.15) is 12.4 Å². The van der Waals surface area contributed by atoms with Gasteiger partial charge in [-0.1, -0.05) is 30.3 Å². The second-order valence-electron chi connectivity index (χ2n) is 6.24. The molecule has 9 nitrogen and oxygen atoms in total. The van der Waals surface area contributed by atoms with Gasteiger partial charge < -0.3 is 10.6 Å². The van der Waals surface area contributed by atoms with Crippen molar-refractivity contribution in [1.29, 1.82) is 0 Å². The lowest BCUT2D eigenvalue weighted by Gasteiger charge is -2.16. The molecule has 4 rings (SSSR count). The van der Waals surface area contributed by atoms with Crippen molar-refractivity contribution in [3.05, 3.63) is 59.7 Å². The van der Waals surface area contributed by atoms with Crippen LogP contribution in [0.5, 0.6) is 0 Å². The molecule has 0 saturated heterocycles. The van der Waals surface area contributed by atoms with Crippen LogP contribution in [0.2, 0.25) is 0 Å². The second kappa shape index (κ2) is 7.44. The summed E-state index contributed by atoms with van der Waals surface area (Å²) in [6.07, 6.45) is 1.98. The Morgan fingerprint density at radius 3 is 2.96 bits per heavy atom. The zero-order valence-electron chi connectivity index (χ0n) is 14.2. The molecule has 1 amide bonds. The fourth-order valence-corrected chi connectivity index (χ4v) is 3.09. The summed E-state index contributed by atoms with van der Waals surface area (Å²) in [7, 11) is 0. The van der Waals surface area contributed by atoms with E-state index in [4.69, 9.17) is 0 Å². The molecular weight excluding hydrogens is 332 g/mol. The summed E-state index contributed by atoms with van der Waals surface area (Å²) in [4.78, 5) is 12.8. The number of fused-ring (bicyclic) bond motifs is 1. The van der Waals surface area contributed by atoms with Gasteiger partial charge in [-0.2, -0.15) is 5.10 Å². The number of amides is 1. The Bertz CT molecular complexity index is 835. The quantitative estimate of drug-likeness (QED) is 0.651. The number of hydrogen-bond donors (Lipinski definition) is 2. The van der Waals surface area contributed by atoms with Crippen LogP contribution in [-0.4, -0.2) is 42.4 Å². The smallest absolute Gasteiger partial charge is 0.245 e. The zero-order valence-corrected chi connectivity index (χ0v) is 14.2. The topological polar surface area (TPSA) is 103 Å². The molecule has 26 heavy (non-hydrogen) atoms. The first-order chi connectivity index (χ1) is 12.8. The van der Waals surface area contributed by atoms with E-state index < -0.39 is 6.04 Å². The maximum absolute atomic E-state index is 12.8. The molecule has 9 heteroatoms. The number of hydrogen-bond acceptors (Lipinski definition) is 6. The lowest BCUT2D eigenvalue weighted by Crippen LogP contribution is -2.34. The third-order valence-electron chi connectivity index (χ3n) is 4.42. The number of nitrogens with zero attached hydrogens (tertiary/aromatic N) is 6. The number of carbonyl (C=O) groups is 1. The van der Waals surface area contributed by atoms with Gasteiger partial charge >= 0.3 is 0 Å². The number of carbonyl (C=O) groups excluding carboxylic acids is 1. The van der Waals surface area contributed by atoms with Crippen LogP contribution < -0.4 is 10.6 Å². The molecule has 3 aromatic rings. The normalized spacial score (nSPS) is 14.6. The molecule has 2 N–H and O–H groups in total. The van der Waals surface area contributed by atoms with Crippen molar-refractivity contribution >= 4 is 5.91 Å². The lowest BCUT2D eigenvalue weighted by atomic mass is 10.1. The molecule has 0 fully saturated rings. The monoisotopic (exact) mass is 352 g/mol. The molecule has 1 atom stereocenters. The zero-order chi connectivity index (χ0) is 17.8. The number of aromatic nitrogens is 6. The Hall–Kier alpha value is -3.07. The second-order valence-corrected chi connectivity index (χ2v) is 6.24. The Balaban J connectivity index is 1.45. The molecule has 0 saturated carbocycles. The van der Waals surface area contributed by atoms with Crippen LogP contribution in [-0.2, 0) is 30.8 Å². The summed E-state index contributed by atoms with van der Waals surface area (Å²) < 4.78 is 3.48. The minimum atomic E-state index is -0.508. The third kappa shape index (κ3) is 3.62. The van der Waals surface area contributed by atoms with Crippen LogP contribution in [0.1, 0.15) is 23.0 Å². The summed E-state index contributed by atoms with van der Waals surface area (Å²) >= 11 is 0. The number of tetrazole rings is 1. The predicted octanol–water partition coefficient (Wildman–Crippen LogP) is 0.0730. The van der Waals surface area contributed by atoms with Crippen molar-refractivity contribution in [3.8, 4) is 0 Å². The highest BCUT2D eigenvalue weighted by Crippen LogP contribution is 2.14. The number of nitrogens with one attached hydrogen (secondary N) is 2. The molecule has 1 aliphatic rings. The molecule has 1 aromatic carbocycles. The fourth-order valence-electron chi connectivity index (χ4n) is 3.09. The molecule has 1 aliphatic heterocycles. The molecule has 0 unspecified atom stereocenters. The van der Waals surface area contributed by atoms with E-state index in [-0.39, 0.29) is 5.91 Å². The van der Waals surface area contributed by atoms with Crippen LogP contribution in [0, 0.1) is 0 Å². The average molecular weight is 352 g/mol. The highest BCUT2D eigenvalue weighted by Gasteiger charge is 2.22. The molecule has 0 radical (unpaired) electrons. The van der Waals surface area contributed by atoms with E-state index in [2.05, 4.69) is 31.3 Å². The largest absolute Gasteiger partial charge is 0.349 e. The van der Waals surface area contributed by atoms with E-state index in [0.29, 0.717) is 13.0 Å². The van der Waals surface area contributed by atoms with E-state index in [9.17, 15) is 4.79 Å².